The highest BCUT2D eigenvalue weighted by atomic mass is 32.1. The molecule has 0 spiro atoms. The highest BCUT2D eigenvalue weighted by molar-refractivity contribution is 7.14. The van der Waals surface area contributed by atoms with E-state index in [4.69, 9.17) is 0 Å². The molecule has 0 bridgehead atoms. The van der Waals surface area contributed by atoms with E-state index in [1.54, 1.807) is 23.1 Å². The van der Waals surface area contributed by atoms with E-state index in [1.165, 1.54) is 17.5 Å². The Morgan fingerprint density at radius 3 is 2.76 bits per heavy atom. The zero-order valence-electron chi connectivity index (χ0n) is 11.9. The molecule has 0 aliphatic heterocycles. The van der Waals surface area contributed by atoms with E-state index in [-0.39, 0.29) is 18.4 Å². The minimum absolute atomic E-state index is 0.0815. The maximum absolute atomic E-state index is 12.2. The first kappa shape index (κ1) is 15.1. The molecular formula is C14H16N4O2S. The number of aryl methyl sites for hydroxylation is 1. The van der Waals surface area contributed by atoms with Crippen molar-refractivity contribution in [1.29, 1.82) is 0 Å². The van der Waals surface area contributed by atoms with Gasteiger partial charge >= 0.3 is 0 Å². The van der Waals surface area contributed by atoms with Crippen LogP contribution in [-0.2, 0) is 4.79 Å². The molecule has 2 heterocycles. The molecule has 0 aliphatic carbocycles. The Morgan fingerprint density at radius 2 is 2.19 bits per heavy atom. The third kappa shape index (κ3) is 3.85. The lowest BCUT2D eigenvalue weighted by molar-refractivity contribution is -0.117. The summed E-state index contributed by atoms with van der Waals surface area (Å²) in [6, 6.07) is 5.05. The van der Waals surface area contributed by atoms with Crippen molar-refractivity contribution in [3.63, 3.8) is 0 Å². The molecule has 110 valence electrons. The number of thiazole rings is 1. The van der Waals surface area contributed by atoms with Crippen LogP contribution in [0.15, 0.2) is 29.8 Å². The fourth-order valence-electron chi connectivity index (χ4n) is 1.72. The van der Waals surface area contributed by atoms with Crippen LogP contribution < -0.4 is 10.2 Å². The summed E-state index contributed by atoms with van der Waals surface area (Å²) < 4.78 is 0. The Balaban J connectivity index is 1.96. The number of carbonyl (C=O) groups excluding carboxylic acids is 2. The first-order chi connectivity index (χ1) is 10.1. The minimum Gasteiger partial charge on any atom is -0.342 e. The van der Waals surface area contributed by atoms with Gasteiger partial charge in [0.15, 0.2) is 5.13 Å². The summed E-state index contributed by atoms with van der Waals surface area (Å²) >= 11 is 1.41. The molecule has 0 saturated carbocycles. The standard InChI is InChI=1S/C14H16N4O2S/c1-3-18(14-17-10(2)9-21-14)12(19)8-16-13(20)11-6-4-5-7-15-11/h4-7,9H,3,8H2,1-2H3,(H,16,20). The Labute approximate surface area is 126 Å². The van der Waals surface area contributed by atoms with Crippen molar-refractivity contribution in [2.24, 2.45) is 0 Å². The molecule has 0 atom stereocenters. The quantitative estimate of drug-likeness (QED) is 0.911. The van der Waals surface area contributed by atoms with Crippen LogP contribution in [0.5, 0.6) is 0 Å². The molecule has 0 aromatic carbocycles. The molecule has 6 nitrogen and oxygen atoms in total. The van der Waals surface area contributed by atoms with Crippen LogP contribution in [0.1, 0.15) is 23.1 Å². The zero-order valence-corrected chi connectivity index (χ0v) is 12.7. The third-order valence-electron chi connectivity index (χ3n) is 2.75. The normalized spacial score (nSPS) is 10.2. The largest absolute Gasteiger partial charge is 0.342 e. The highest BCUT2D eigenvalue weighted by Gasteiger charge is 2.18. The summed E-state index contributed by atoms with van der Waals surface area (Å²) in [6.07, 6.45) is 1.54. The second-order valence-corrected chi connectivity index (χ2v) is 5.14. The van der Waals surface area contributed by atoms with Gasteiger partial charge in [-0.2, -0.15) is 0 Å². The molecule has 1 N–H and O–H groups in total. The summed E-state index contributed by atoms with van der Waals surface area (Å²) in [4.78, 5) is 33.8. The van der Waals surface area contributed by atoms with Gasteiger partial charge in [0.05, 0.1) is 12.2 Å². The average Bonchev–Trinajstić information content (AvgIpc) is 2.92. The van der Waals surface area contributed by atoms with Crippen LogP contribution in [0.2, 0.25) is 0 Å². The van der Waals surface area contributed by atoms with Gasteiger partial charge < -0.3 is 5.32 Å². The van der Waals surface area contributed by atoms with E-state index < -0.39 is 0 Å². The van der Waals surface area contributed by atoms with Crippen molar-refractivity contribution in [2.75, 3.05) is 18.0 Å². The molecule has 0 fully saturated rings. The number of carbonyl (C=O) groups is 2. The maximum Gasteiger partial charge on any atom is 0.270 e. The lowest BCUT2D eigenvalue weighted by atomic mass is 10.3. The summed E-state index contributed by atoms with van der Waals surface area (Å²) in [5.74, 6) is -0.563. The molecule has 0 radical (unpaired) electrons. The van der Waals surface area contributed by atoms with E-state index in [2.05, 4.69) is 15.3 Å². The molecule has 2 aromatic heterocycles. The van der Waals surface area contributed by atoms with Gasteiger partial charge in [0, 0.05) is 18.1 Å². The van der Waals surface area contributed by atoms with Crippen LogP contribution in [0, 0.1) is 6.92 Å². The minimum atomic E-state index is -0.365. The average molecular weight is 304 g/mol. The molecule has 2 aromatic rings. The number of hydrogen-bond donors (Lipinski definition) is 1. The second kappa shape index (κ2) is 6.94. The molecule has 0 aliphatic rings. The van der Waals surface area contributed by atoms with Gasteiger partial charge in [-0.1, -0.05) is 6.07 Å². The molecule has 21 heavy (non-hydrogen) atoms. The Kier molecular flexibility index (Phi) is 4.99. The molecule has 0 saturated heterocycles. The van der Waals surface area contributed by atoms with Gasteiger partial charge in [0.2, 0.25) is 5.91 Å². The van der Waals surface area contributed by atoms with Crippen molar-refractivity contribution in [1.82, 2.24) is 15.3 Å². The first-order valence-electron chi connectivity index (χ1n) is 6.53. The monoisotopic (exact) mass is 304 g/mol. The third-order valence-corrected chi connectivity index (χ3v) is 3.73. The van der Waals surface area contributed by atoms with Gasteiger partial charge in [-0.3, -0.25) is 19.5 Å². The van der Waals surface area contributed by atoms with Crippen LogP contribution in [0.4, 0.5) is 5.13 Å². The van der Waals surface area contributed by atoms with Crippen LogP contribution >= 0.6 is 11.3 Å². The predicted octanol–water partition coefficient (Wildman–Crippen LogP) is 1.63. The molecule has 7 heteroatoms. The van der Waals surface area contributed by atoms with Crippen LogP contribution in [0.3, 0.4) is 0 Å². The Morgan fingerprint density at radius 1 is 1.38 bits per heavy atom. The Hall–Kier alpha value is -2.28. The van der Waals surface area contributed by atoms with E-state index in [9.17, 15) is 9.59 Å². The summed E-state index contributed by atoms with van der Waals surface area (Å²) in [5, 5.41) is 5.11. The first-order valence-corrected chi connectivity index (χ1v) is 7.41. The van der Waals surface area contributed by atoms with Gasteiger partial charge in [-0.15, -0.1) is 11.3 Å². The SMILES string of the molecule is CCN(C(=O)CNC(=O)c1ccccn1)c1nc(C)cs1. The van der Waals surface area contributed by atoms with Crippen molar-refractivity contribution in [2.45, 2.75) is 13.8 Å². The fourth-order valence-corrected chi connectivity index (χ4v) is 2.61. The number of nitrogens with one attached hydrogen (secondary N) is 1. The van der Waals surface area contributed by atoms with E-state index in [1.807, 2.05) is 19.2 Å². The maximum atomic E-state index is 12.2. The van der Waals surface area contributed by atoms with Gasteiger partial charge in [0.1, 0.15) is 5.69 Å². The van der Waals surface area contributed by atoms with Crippen molar-refractivity contribution in [3.05, 3.63) is 41.2 Å². The molecule has 2 amide bonds. The second-order valence-electron chi connectivity index (χ2n) is 4.31. The van der Waals surface area contributed by atoms with Crippen LogP contribution in [-0.4, -0.2) is 34.9 Å². The Bertz CT molecular complexity index is 627. The molecule has 2 rings (SSSR count). The summed E-state index contributed by atoms with van der Waals surface area (Å²) in [5.41, 5.74) is 1.16. The van der Waals surface area contributed by atoms with Crippen molar-refractivity contribution >= 4 is 28.3 Å². The number of rotatable bonds is 5. The van der Waals surface area contributed by atoms with Gasteiger partial charge in [0.25, 0.3) is 5.91 Å². The topological polar surface area (TPSA) is 75.2 Å². The predicted molar refractivity (Wildman–Crippen MR) is 81.4 cm³/mol. The van der Waals surface area contributed by atoms with Crippen molar-refractivity contribution < 1.29 is 9.59 Å². The lowest BCUT2D eigenvalue weighted by Gasteiger charge is -2.17. The number of anilines is 1. The summed E-state index contributed by atoms with van der Waals surface area (Å²) in [6.45, 7) is 4.17. The number of likely N-dealkylation sites (N-methyl/N-ethyl adjacent to an activating group) is 1. The smallest absolute Gasteiger partial charge is 0.270 e. The lowest BCUT2D eigenvalue weighted by Crippen LogP contribution is -2.40. The van der Waals surface area contributed by atoms with E-state index >= 15 is 0 Å². The number of nitrogens with zero attached hydrogens (tertiary/aromatic N) is 3. The molecular weight excluding hydrogens is 288 g/mol. The number of amides is 2. The molecule has 0 unspecified atom stereocenters. The number of hydrogen-bond acceptors (Lipinski definition) is 5. The van der Waals surface area contributed by atoms with Gasteiger partial charge in [-0.25, -0.2) is 4.98 Å². The zero-order chi connectivity index (χ0) is 15.2. The fraction of sp³-hybridized carbons (Fsp3) is 0.286. The van der Waals surface area contributed by atoms with E-state index in [0.29, 0.717) is 17.4 Å². The number of pyridine rings is 1. The van der Waals surface area contributed by atoms with Crippen LogP contribution in [0.25, 0.3) is 0 Å². The number of aromatic nitrogens is 2. The van der Waals surface area contributed by atoms with Gasteiger partial charge in [-0.05, 0) is 26.0 Å². The highest BCUT2D eigenvalue weighted by Crippen LogP contribution is 2.19. The van der Waals surface area contributed by atoms with E-state index in [0.717, 1.165) is 5.69 Å². The summed E-state index contributed by atoms with van der Waals surface area (Å²) in [7, 11) is 0. The van der Waals surface area contributed by atoms with Crippen molar-refractivity contribution in [3.8, 4) is 0 Å².